The molecule has 33 heavy (non-hydrogen) atoms. The van der Waals surface area contributed by atoms with Crippen LogP contribution in [0.4, 0.5) is 0 Å². The maximum atomic E-state index is 4.95. The molecule has 1 nitrogen and oxygen atoms in total. The molecule has 0 aliphatic carbocycles. The molecule has 0 aliphatic rings. The first-order chi connectivity index (χ1) is 15.9. The Bertz CT molecular complexity index is 1670. The monoisotopic (exact) mass is 485 g/mol. The van der Waals surface area contributed by atoms with Crippen LogP contribution in [-0.2, 0) is 11.8 Å². The molecule has 166 valence electrons. The van der Waals surface area contributed by atoms with Crippen LogP contribution in [0.2, 0.25) is 0 Å². The van der Waals surface area contributed by atoms with Crippen LogP contribution < -0.4 is 0 Å². The molecule has 0 amide bonds. The standard InChI is InChI=1S/C29H27NS3/c1-6-7-19-16(2)32-22-8-9-23-25(24(19)22)20-10-12-30-26(28(20)33-23)18-14-17-11-13-31-27(17)21(15-18)29(3,4)5/h8-15H,6-7H2,1-5H3. The number of hydrogen-bond acceptors (Lipinski definition) is 4. The lowest BCUT2D eigenvalue weighted by Crippen LogP contribution is -2.11. The predicted molar refractivity (Wildman–Crippen MR) is 151 cm³/mol. The maximum absolute atomic E-state index is 4.95. The van der Waals surface area contributed by atoms with Gasteiger partial charge in [-0.25, -0.2) is 0 Å². The highest BCUT2D eigenvalue weighted by atomic mass is 32.1. The van der Waals surface area contributed by atoms with Crippen molar-refractivity contribution < 1.29 is 0 Å². The van der Waals surface area contributed by atoms with Crippen molar-refractivity contribution in [1.82, 2.24) is 4.98 Å². The van der Waals surface area contributed by atoms with Crippen LogP contribution in [0.15, 0.2) is 48.0 Å². The molecular weight excluding hydrogens is 459 g/mol. The number of benzene rings is 2. The average molecular weight is 486 g/mol. The van der Waals surface area contributed by atoms with Gasteiger partial charge in [0.2, 0.25) is 0 Å². The van der Waals surface area contributed by atoms with Crippen LogP contribution >= 0.6 is 34.0 Å². The highest BCUT2D eigenvalue weighted by Gasteiger charge is 2.22. The molecule has 0 bridgehead atoms. The van der Waals surface area contributed by atoms with Crippen molar-refractivity contribution in [3.05, 3.63) is 64.0 Å². The summed E-state index contributed by atoms with van der Waals surface area (Å²) in [4.78, 5) is 6.41. The Morgan fingerprint density at radius 3 is 2.45 bits per heavy atom. The van der Waals surface area contributed by atoms with Gasteiger partial charge in [-0.1, -0.05) is 34.1 Å². The zero-order valence-electron chi connectivity index (χ0n) is 19.7. The fraction of sp³-hybridized carbons (Fsp3) is 0.276. The minimum atomic E-state index is 0.0859. The molecule has 0 N–H and O–H groups in total. The Labute approximate surface area is 206 Å². The highest BCUT2D eigenvalue weighted by Crippen LogP contribution is 2.46. The number of aryl methyl sites for hydroxylation is 2. The van der Waals surface area contributed by atoms with E-state index in [9.17, 15) is 0 Å². The number of thiophene rings is 3. The Morgan fingerprint density at radius 1 is 0.909 bits per heavy atom. The number of rotatable bonds is 3. The summed E-state index contributed by atoms with van der Waals surface area (Å²) in [5.41, 5.74) is 5.38. The van der Waals surface area contributed by atoms with E-state index in [0.29, 0.717) is 0 Å². The molecular formula is C29H27NS3. The summed E-state index contributed by atoms with van der Waals surface area (Å²) in [5, 5.41) is 7.79. The number of pyridine rings is 1. The minimum absolute atomic E-state index is 0.0859. The van der Waals surface area contributed by atoms with Gasteiger partial charge in [-0.15, -0.1) is 34.0 Å². The van der Waals surface area contributed by atoms with E-state index in [0.717, 1.165) is 12.1 Å². The fourth-order valence-corrected chi connectivity index (χ4v) is 8.54. The van der Waals surface area contributed by atoms with Crippen LogP contribution in [0.25, 0.3) is 51.6 Å². The average Bonchev–Trinajstić information content (AvgIpc) is 3.47. The maximum Gasteiger partial charge on any atom is 0.0880 e. The fourth-order valence-electron chi connectivity index (χ4n) is 5.09. The van der Waals surface area contributed by atoms with Gasteiger partial charge in [0.1, 0.15) is 0 Å². The van der Waals surface area contributed by atoms with E-state index in [1.165, 1.54) is 68.3 Å². The van der Waals surface area contributed by atoms with E-state index in [1.807, 2.05) is 40.2 Å². The molecule has 0 saturated carbocycles. The zero-order valence-corrected chi connectivity index (χ0v) is 22.2. The Balaban J connectivity index is 1.69. The Morgan fingerprint density at radius 2 is 1.70 bits per heavy atom. The van der Waals surface area contributed by atoms with E-state index in [2.05, 4.69) is 76.4 Å². The number of fused-ring (bicyclic) bond motifs is 6. The number of nitrogens with zero attached hydrogens (tertiary/aromatic N) is 1. The van der Waals surface area contributed by atoms with Gasteiger partial charge >= 0.3 is 0 Å². The third-order valence-corrected chi connectivity index (χ3v) is 9.89. The van der Waals surface area contributed by atoms with Crippen LogP contribution in [0.5, 0.6) is 0 Å². The van der Waals surface area contributed by atoms with Gasteiger partial charge < -0.3 is 0 Å². The summed E-state index contributed by atoms with van der Waals surface area (Å²) in [6.45, 7) is 11.5. The molecule has 6 rings (SSSR count). The van der Waals surface area contributed by atoms with Crippen LogP contribution in [0.1, 0.15) is 50.1 Å². The lowest BCUT2D eigenvalue weighted by atomic mass is 9.85. The second-order valence-corrected chi connectivity index (χ2v) is 13.2. The van der Waals surface area contributed by atoms with Crippen molar-refractivity contribution in [2.45, 2.75) is 52.9 Å². The zero-order chi connectivity index (χ0) is 22.9. The van der Waals surface area contributed by atoms with E-state index in [-0.39, 0.29) is 5.41 Å². The van der Waals surface area contributed by atoms with Crippen molar-refractivity contribution in [2.24, 2.45) is 0 Å². The molecule has 4 heterocycles. The Hall–Kier alpha value is -2.27. The van der Waals surface area contributed by atoms with E-state index in [4.69, 9.17) is 4.98 Å². The molecule has 0 aliphatic heterocycles. The summed E-state index contributed by atoms with van der Waals surface area (Å²) in [5.74, 6) is 0. The second kappa shape index (κ2) is 7.63. The molecule has 0 unspecified atom stereocenters. The first-order valence-corrected chi connectivity index (χ1v) is 14.1. The highest BCUT2D eigenvalue weighted by molar-refractivity contribution is 7.27. The van der Waals surface area contributed by atoms with Gasteiger partial charge in [0.15, 0.2) is 0 Å². The lowest BCUT2D eigenvalue weighted by molar-refractivity contribution is 0.597. The third-order valence-electron chi connectivity index (χ3n) is 6.64. The number of aromatic nitrogens is 1. The van der Waals surface area contributed by atoms with Crippen molar-refractivity contribution in [2.75, 3.05) is 0 Å². The summed E-state index contributed by atoms with van der Waals surface area (Å²) in [6.07, 6.45) is 4.33. The first kappa shape index (κ1) is 21.3. The van der Waals surface area contributed by atoms with Crippen LogP contribution in [-0.4, -0.2) is 4.98 Å². The third kappa shape index (κ3) is 3.26. The molecule has 0 fully saturated rings. The molecule has 0 atom stereocenters. The molecule has 6 aromatic rings. The van der Waals surface area contributed by atoms with Crippen LogP contribution in [0.3, 0.4) is 0 Å². The topological polar surface area (TPSA) is 12.9 Å². The van der Waals surface area contributed by atoms with Gasteiger partial charge in [-0.2, -0.15) is 0 Å². The quantitative estimate of drug-likeness (QED) is 0.243. The Kier molecular flexibility index (Phi) is 4.92. The van der Waals surface area contributed by atoms with E-state index >= 15 is 0 Å². The van der Waals surface area contributed by atoms with Gasteiger partial charge in [0, 0.05) is 46.9 Å². The summed E-state index contributed by atoms with van der Waals surface area (Å²) >= 11 is 5.69. The summed E-state index contributed by atoms with van der Waals surface area (Å²) in [7, 11) is 0. The smallest absolute Gasteiger partial charge is 0.0880 e. The lowest BCUT2D eigenvalue weighted by Gasteiger charge is -2.21. The van der Waals surface area contributed by atoms with Crippen molar-refractivity contribution in [3.63, 3.8) is 0 Å². The molecule has 0 saturated heterocycles. The minimum Gasteiger partial charge on any atom is -0.255 e. The van der Waals surface area contributed by atoms with Crippen LogP contribution in [0, 0.1) is 6.92 Å². The molecule has 0 spiro atoms. The van der Waals surface area contributed by atoms with Crippen molar-refractivity contribution >= 4 is 74.4 Å². The second-order valence-electron chi connectivity index (χ2n) is 9.95. The van der Waals surface area contributed by atoms with Gasteiger partial charge in [-0.3, -0.25) is 4.98 Å². The largest absolute Gasteiger partial charge is 0.255 e. The van der Waals surface area contributed by atoms with Crippen molar-refractivity contribution in [1.29, 1.82) is 0 Å². The SMILES string of the molecule is CCCc1c(C)sc2ccc3sc4c(-c5cc(C(C)(C)C)c6sccc6c5)nccc4c3c12. The predicted octanol–water partition coefficient (Wildman–Crippen LogP) is 10.1. The summed E-state index contributed by atoms with van der Waals surface area (Å²) in [6, 6.07) is 13.8. The van der Waals surface area contributed by atoms with E-state index in [1.54, 1.807) is 0 Å². The molecule has 0 radical (unpaired) electrons. The summed E-state index contributed by atoms with van der Waals surface area (Å²) < 4.78 is 5.49. The first-order valence-electron chi connectivity index (χ1n) is 11.6. The van der Waals surface area contributed by atoms with Crippen molar-refractivity contribution in [3.8, 4) is 11.3 Å². The van der Waals surface area contributed by atoms with Gasteiger partial charge in [-0.05, 0) is 77.1 Å². The van der Waals surface area contributed by atoms with Gasteiger partial charge in [0.25, 0.3) is 0 Å². The number of hydrogen-bond donors (Lipinski definition) is 0. The molecule has 2 aromatic carbocycles. The normalized spacial score (nSPS) is 12.6. The molecule has 4 heteroatoms. The van der Waals surface area contributed by atoms with Gasteiger partial charge in [0.05, 0.1) is 10.4 Å². The van der Waals surface area contributed by atoms with E-state index < -0.39 is 0 Å². The molecule has 4 aromatic heterocycles.